The van der Waals surface area contributed by atoms with Crippen LogP contribution in [0, 0.1) is 0 Å². The minimum Gasteiger partial charge on any atom is -0.347 e. The summed E-state index contributed by atoms with van der Waals surface area (Å²) in [5, 5.41) is 3.99. The van der Waals surface area contributed by atoms with Crippen LogP contribution in [0.15, 0.2) is 48.7 Å². The molecule has 1 aromatic carbocycles. The molecule has 0 atom stereocenters. The molecule has 16 heavy (non-hydrogen) atoms. The van der Waals surface area contributed by atoms with E-state index in [9.17, 15) is 4.79 Å². The highest BCUT2D eigenvalue weighted by Crippen LogP contribution is 2.24. The van der Waals surface area contributed by atoms with E-state index in [1.54, 1.807) is 11.3 Å². The largest absolute Gasteiger partial charge is 0.347 e. The molecule has 0 aliphatic rings. The summed E-state index contributed by atoms with van der Waals surface area (Å²) in [5.74, 6) is -0.160. The molecule has 1 N–H and O–H groups in total. The highest BCUT2D eigenvalue weighted by atomic mass is 32.1. The van der Waals surface area contributed by atoms with Crippen molar-refractivity contribution >= 4 is 27.3 Å². The van der Waals surface area contributed by atoms with Crippen molar-refractivity contribution in [1.29, 1.82) is 0 Å². The lowest BCUT2D eigenvalue weighted by atomic mass is 10.2. The SMILES string of the molecule is C=C=CC(=O)NCc1cc2ccccc2s1. The summed E-state index contributed by atoms with van der Waals surface area (Å²) in [7, 11) is 0. The van der Waals surface area contributed by atoms with E-state index in [-0.39, 0.29) is 5.91 Å². The van der Waals surface area contributed by atoms with Crippen molar-refractivity contribution in [2.75, 3.05) is 0 Å². The van der Waals surface area contributed by atoms with Gasteiger partial charge < -0.3 is 5.32 Å². The Bertz CT molecular complexity index is 531. The lowest BCUT2D eigenvalue weighted by Crippen LogP contribution is -2.19. The van der Waals surface area contributed by atoms with Gasteiger partial charge in [0.2, 0.25) is 0 Å². The first-order valence-electron chi connectivity index (χ1n) is 4.91. The van der Waals surface area contributed by atoms with Gasteiger partial charge in [-0.15, -0.1) is 17.1 Å². The van der Waals surface area contributed by atoms with Crippen LogP contribution in [-0.2, 0) is 11.3 Å². The maximum Gasteiger partial charge on any atom is 0.252 e. The summed E-state index contributed by atoms with van der Waals surface area (Å²) in [4.78, 5) is 12.3. The van der Waals surface area contributed by atoms with Crippen LogP contribution in [0.3, 0.4) is 0 Å². The second-order valence-corrected chi connectivity index (χ2v) is 4.49. The molecule has 0 radical (unpaired) electrons. The third-order valence-electron chi connectivity index (χ3n) is 2.15. The Balaban J connectivity index is 2.10. The van der Waals surface area contributed by atoms with E-state index in [2.05, 4.69) is 35.8 Å². The van der Waals surface area contributed by atoms with E-state index in [4.69, 9.17) is 0 Å². The summed E-state index contributed by atoms with van der Waals surface area (Å²) in [6.07, 6.45) is 1.30. The molecule has 0 bridgehead atoms. The summed E-state index contributed by atoms with van der Waals surface area (Å²) in [6, 6.07) is 10.3. The number of hydrogen-bond acceptors (Lipinski definition) is 2. The van der Waals surface area contributed by atoms with Crippen molar-refractivity contribution in [2.24, 2.45) is 0 Å². The second kappa shape index (κ2) is 4.79. The van der Waals surface area contributed by atoms with Gasteiger partial charge >= 0.3 is 0 Å². The molecule has 0 saturated heterocycles. The Morgan fingerprint density at radius 3 is 3.06 bits per heavy atom. The minimum absolute atomic E-state index is 0.160. The first-order chi connectivity index (χ1) is 7.79. The molecule has 0 aliphatic heterocycles. The van der Waals surface area contributed by atoms with Crippen LogP contribution in [0.5, 0.6) is 0 Å². The van der Waals surface area contributed by atoms with E-state index in [1.807, 2.05) is 12.1 Å². The van der Waals surface area contributed by atoms with Gasteiger partial charge in [-0.1, -0.05) is 24.8 Å². The van der Waals surface area contributed by atoms with Gasteiger partial charge in [-0.25, -0.2) is 0 Å². The molecule has 80 valence electrons. The van der Waals surface area contributed by atoms with Crippen LogP contribution < -0.4 is 5.32 Å². The Labute approximate surface area is 97.9 Å². The van der Waals surface area contributed by atoms with Crippen LogP contribution in [-0.4, -0.2) is 5.91 Å². The third-order valence-corrected chi connectivity index (χ3v) is 3.26. The standard InChI is InChI=1S/C13H11NOS/c1-2-5-13(15)14-9-11-8-10-6-3-4-7-12(10)16-11/h3-8H,1,9H2,(H,14,15). The van der Waals surface area contributed by atoms with Crippen molar-refractivity contribution < 1.29 is 4.79 Å². The molecule has 2 rings (SSSR count). The number of amides is 1. The molecule has 0 aliphatic carbocycles. The quantitative estimate of drug-likeness (QED) is 0.636. The van der Waals surface area contributed by atoms with Gasteiger partial charge in [0.25, 0.3) is 5.91 Å². The van der Waals surface area contributed by atoms with Gasteiger partial charge in [0.05, 0.1) is 6.54 Å². The molecule has 0 unspecified atom stereocenters. The first kappa shape index (κ1) is 10.7. The molecule has 2 nitrogen and oxygen atoms in total. The molecular weight excluding hydrogens is 218 g/mol. The predicted octanol–water partition coefficient (Wildman–Crippen LogP) is 2.86. The van der Waals surface area contributed by atoms with Gasteiger partial charge in [-0.3, -0.25) is 4.79 Å². The summed E-state index contributed by atoms with van der Waals surface area (Å²) in [5.41, 5.74) is 2.45. The van der Waals surface area contributed by atoms with Gasteiger partial charge in [0, 0.05) is 15.7 Å². The number of carbonyl (C=O) groups is 1. The van der Waals surface area contributed by atoms with Crippen LogP contribution in [0.25, 0.3) is 10.1 Å². The van der Waals surface area contributed by atoms with Crippen LogP contribution in [0.2, 0.25) is 0 Å². The number of benzene rings is 1. The van der Waals surface area contributed by atoms with Crippen molar-refractivity contribution in [2.45, 2.75) is 6.54 Å². The molecule has 0 spiro atoms. The maximum atomic E-state index is 11.2. The van der Waals surface area contributed by atoms with Gasteiger partial charge in [-0.05, 0) is 17.5 Å². The lowest BCUT2D eigenvalue weighted by molar-refractivity contribution is -0.116. The molecule has 2 aromatic rings. The zero-order chi connectivity index (χ0) is 11.4. The molecule has 3 heteroatoms. The van der Waals surface area contributed by atoms with E-state index < -0.39 is 0 Å². The molecule has 1 heterocycles. The van der Waals surface area contributed by atoms with E-state index >= 15 is 0 Å². The number of fused-ring (bicyclic) bond motifs is 1. The van der Waals surface area contributed by atoms with E-state index in [1.165, 1.54) is 16.2 Å². The van der Waals surface area contributed by atoms with Crippen molar-refractivity contribution in [3.8, 4) is 0 Å². The van der Waals surface area contributed by atoms with Crippen molar-refractivity contribution in [1.82, 2.24) is 5.32 Å². The Morgan fingerprint density at radius 2 is 2.31 bits per heavy atom. The zero-order valence-electron chi connectivity index (χ0n) is 8.69. The van der Waals surface area contributed by atoms with Gasteiger partial charge in [0.15, 0.2) is 0 Å². The highest BCUT2D eigenvalue weighted by molar-refractivity contribution is 7.19. The van der Waals surface area contributed by atoms with Gasteiger partial charge in [-0.2, -0.15) is 0 Å². The lowest BCUT2D eigenvalue weighted by Gasteiger charge is -1.96. The number of rotatable bonds is 3. The summed E-state index contributed by atoms with van der Waals surface area (Å²) < 4.78 is 1.24. The number of thiophene rings is 1. The monoisotopic (exact) mass is 229 g/mol. The smallest absolute Gasteiger partial charge is 0.252 e. The fourth-order valence-electron chi connectivity index (χ4n) is 1.44. The normalized spacial score (nSPS) is 9.75. The average molecular weight is 229 g/mol. The summed E-state index contributed by atoms with van der Waals surface area (Å²) >= 11 is 1.69. The van der Waals surface area contributed by atoms with Crippen LogP contribution in [0.1, 0.15) is 4.88 Å². The number of nitrogens with one attached hydrogen (secondary N) is 1. The minimum atomic E-state index is -0.160. The van der Waals surface area contributed by atoms with Gasteiger partial charge in [0.1, 0.15) is 0 Å². The first-order valence-corrected chi connectivity index (χ1v) is 5.72. The number of hydrogen-bond donors (Lipinski definition) is 1. The Morgan fingerprint density at radius 1 is 1.50 bits per heavy atom. The Hall–Kier alpha value is -1.83. The molecule has 0 fully saturated rings. The van der Waals surface area contributed by atoms with Crippen molar-refractivity contribution in [3.05, 3.63) is 53.6 Å². The number of carbonyl (C=O) groups excluding carboxylic acids is 1. The predicted molar refractivity (Wildman–Crippen MR) is 67.4 cm³/mol. The van der Waals surface area contributed by atoms with Crippen LogP contribution >= 0.6 is 11.3 Å². The highest BCUT2D eigenvalue weighted by Gasteiger charge is 2.01. The second-order valence-electron chi connectivity index (χ2n) is 3.32. The third kappa shape index (κ3) is 2.40. The molecule has 1 amide bonds. The van der Waals surface area contributed by atoms with E-state index in [0.717, 1.165) is 4.88 Å². The zero-order valence-corrected chi connectivity index (χ0v) is 9.51. The fraction of sp³-hybridized carbons (Fsp3) is 0.0769. The topological polar surface area (TPSA) is 29.1 Å². The molecule has 0 saturated carbocycles. The fourth-order valence-corrected chi connectivity index (χ4v) is 2.45. The molecular formula is C13H11NOS. The maximum absolute atomic E-state index is 11.2. The van der Waals surface area contributed by atoms with E-state index in [0.29, 0.717) is 6.54 Å². The van der Waals surface area contributed by atoms with Crippen molar-refractivity contribution in [3.63, 3.8) is 0 Å². The summed E-state index contributed by atoms with van der Waals surface area (Å²) in [6.45, 7) is 3.90. The molecule has 1 aromatic heterocycles. The van der Waals surface area contributed by atoms with Crippen LogP contribution in [0.4, 0.5) is 0 Å². The Kier molecular flexibility index (Phi) is 3.20. The average Bonchev–Trinajstić information content (AvgIpc) is 2.69.